The maximum Gasteiger partial charge on any atom is 0.235 e. The number of Topliss-reactive ketones (excluding diaryl/α,β-unsaturated/α-hetero) is 1. The number of nitrogens with zero attached hydrogens (tertiary/aromatic N) is 1. The van der Waals surface area contributed by atoms with Gasteiger partial charge in [-0.25, -0.2) is 0 Å². The van der Waals surface area contributed by atoms with Crippen molar-refractivity contribution in [2.45, 2.75) is 33.1 Å². The van der Waals surface area contributed by atoms with Gasteiger partial charge in [0.15, 0.2) is 0 Å². The van der Waals surface area contributed by atoms with Gasteiger partial charge in [-0.05, 0) is 26.2 Å². The lowest BCUT2D eigenvalue weighted by molar-refractivity contribution is -0.147. The van der Waals surface area contributed by atoms with E-state index in [9.17, 15) is 9.59 Å². The summed E-state index contributed by atoms with van der Waals surface area (Å²) in [7, 11) is 3.37. The monoisotopic (exact) mass is 211 g/mol. The summed E-state index contributed by atoms with van der Waals surface area (Å²) in [6.07, 6.45) is 3.54. The maximum absolute atomic E-state index is 12.0. The highest BCUT2D eigenvalue weighted by atomic mass is 16.2. The summed E-state index contributed by atoms with van der Waals surface area (Å²) in [6.45, 7) is 7.00. The molecule has 1 atom stereocenters. The molecule has 0 radical (unpaired) electrons. The van der Waals surface area contributed by atoms with Gasteiger partial charge in [-0.15, -0.1) is 6.58 Å². The Hall–Kier alpha value is -1.12. The Balaban J connectivity index is 5.05. The van der Waals surface area contributed by atoms with Crippen molar-refractivity contribution in [1.82, 2.24) is 4.90 Å². The molecule has 0 aliphatic rings. The third kappa shape index (κ3) is 2.91. The molecule has 0 heterocycles. The number of ketones is 1. The van der Waals surface area contributed by atoms with Gasteiger partial charge in [0.25, 0.3) is 0 Å². The standard InChI is InChI=1S/C12H21NO2/c1-6-8-9-12(7-2,10(3)14)11(15)13(4)5/h6H,1,7-9H2,2-5H3. The summed E-state index contributed by atoms with van der Waals surface area (Å²) in [6, 6.07) is 0. The Kier molecular flexibility index (Phi) is 5.26. The summed E-state index contributed by atoms with van der Waals surface area (Å²) in [5.74, 6) is -0.148. The molecule has 3 nitrogen and oxygen atoms in total. The normalized spacial score (nSPS) is 14.1. The first kappa shape index (κ1) is 13.9. The number of hydrogen-bond acceptors (Lipinski definition) is 2. The molecule has 0 saturated carbocycles. The maximum atomic E-state index is 12.0. The number of carbonyl (C=O) groups is 2. The SMILES string of the molecule is C=CCCC(CC)(C(C)=O)C(=O)N(C)C. The van der Waals surface area contributed by atoms with E-state index in [0.29, 0.717) is 19.3 Å². The van der Waals surface area contributed by atoms with E-state index < -0.39 is 5.41 Å². The van der Waals surface area contributed by atoms with Gasteiger partial charge in [-0.1, -0.05) is 13.0 Å². The van der Waals surface area contributed by atoms with Crippen LogP contribution in [-0.4, -0.2) is 30.7 Å². The first-order chi connectivity index (χ1) is 6.92. The molecule has 0 aliphatic heterocycles. The molecule has 15 heavy (non-hydrogen) atoms. The first-order valence-electron chi connectivity index (χ1n) is 5.26. The molecule has 86 valence electrons. The van der Waals surface area contributed by atoms with Crippen LogP contribution in [0.4, 0.5) is 0 Å². The van der Waals surface area contributed by atoms with Crippen LogP contribution in [0, 0.1) is 5.41 Å². The van der Waals surface area contributed by atoms with Gasteiger partial charge in [-0.2, -0.15) is 0 Å². The predicted octanol–water partition coefficient (Wildman–Crippen LogP) is 2.03. The zero-order valence-electron chi connectivity index (χ0n) is 10.2. The molecule has 1 unspecified atom stereocenters. The molecular weight excluding hydrogens is 190 g/mol. The highest BCUT2D eigenvalue weighted by Gasteiger charge is 2.41. The number of allylic oxidation sites excluding steroid dienone is 1. The van der Waals surface area contributed by atoms with E-state index in [1.807, 2.05) is 6.92 Å². The Labute approximate surface area is 92.1 Å². The lowest BCUT2D eigenvalue weighted by Crippen LogP contribution is -2.44. The van der Waals surface area contributed by atoms with E-state index in [1.165, 1.54) is 11.8 Å². The molecule has 0 bridgehead atoms. The van der Waals surface area contributed by atoms with Crippen molar-refractivity contribution in [3.05, 3.63) is 12.7 Å². The first-order valence-corrected chi connectivity index (χ1v) is 5.26. The van der Waals surface area contributed by atoms with Crippen molar-refractivity contribution in [2.24, 2.45) is 5.41 Å². The number of rotatable bonds is 6. The van der Waals surface area contributed by atoms with Crippen molar-refractivity contribution >= 4 is 11.7 Å². The lowest BCUT2D eigenvalue weighted by atomic mass is 9.76. The van der Waals surface area contributed by atoms with Gasteiger partial charge < -0.3 is 4.90 Å². The second-order valence-corrected chi connectivity index (χ2v) is 4.02. The van der Waals surface area contributed by atoms with Gasteiger partial charge in [0.1, 0.15) is 11.2 Å². The molecule has 0 rings (SSSR count). The molecule has 0 aromatic heterocycles. The fourth-order valence-electron chi connectivity index (χ4n) is 1.79. The Morgan fingerprint density at radius 3 is 2.20 bits per heavy atom. The molecule has 0 aliphatic carbocycles. The van der Waals surface area contributed by atoms with Crippen LogP contribution in [0.15, 0.2) is 12.7 Å². The summed E-state index contributed by atoms with van der Waals surface area (Å²) >= 11 is 0. The average molecular weight is 211 g/mol. The average Bonchev–Trinajstić information content (AvgIpc) is 2.18. The van der Waals surface area contributed by atoms with Crippen LogP contribution in [-0.2, 0) is 9.59 Å². The molecule has 0 spiro atoms. The smallest absolute Gasteiger partial charge is 0.235 e. The van der Waals surface area contributed by atoms with Crippen molar-refractivity contribution in [1.29, 1.82) is 0 Å². The lowest BCUT2D eigenvalue weighted by Gasteiger charge is -2.31. The molecule has 0 saturated heterocycles. The third-order valence-corrected chi connectivity index (χ3v) is 2.87. The van der Waals surface area contributed by atoms with Crippen LogP contribution >= 0.6 is 0 Å². The van der Waals surface area contributed by atoms with Crippen LogP contribution in [0.2, 0.25) is 0 Å². The zero-order valence-corrected chi connectivity index (χ0v) is 10.2. The Bertz CT molecular complexity index is 258. The largest absolute Gasteiger partial charge is 0.348 e. The van der Waals surface area contributed by atoms with E-state index in [2.05, 4.69) is 6.58 Å². The summed E-state index contributed by atoms with van der Waals surface area (Å²) in [5.41, 5.74) is -0.850. The highest BCUT2D eigenvalue weighted by molar-refractivity contribution is 6.04. The number of carbonyl (C=O) groups excluding carboxylic acids is 2. The van der Waals surface area contributed by atoms with Gasteiger partial charge in [0.2, 0.25) is 5.91 Å². The molecular formula is C12H21NO2. The van der Waals surface area contributed by atoms with Gasteiger partial charge in [-0.3, -0.25) is 9.59 Å². The summed E-state index contributed by atoms with van der Waals surface area (Å²) < 4.78 is 0. The second kappa shape index (κ2) is 5.69. The summed E-state index contributed by atoms with van der Waals surface area (Å²) in [4.78, 5) is 25.2. The van der Waals surface area contributed by atoms with E-state index >= 15 is 0 Å². The van der Waals surface area contributed by atoms with Crippen LogP contribution in [0.1, 0.15) is 33.1 Å². The minimum atomic E-state index is -0.850. The minimum Gasteiger partial charge on any atom is -0.348 e. The number of hydrogen-bond donors (Lipinski definition) is 0. The number of amides is 1. The fourth-order valence-corrected chi connectivity index (χ4v) is 1.79. The van der Waals surface area contributed by atoms with Crippen molar-refractivity contribution in [3.8, 4) is 0 Å². The van der Waals surface area contributed by atoms with Crippen LogP contribution < -0.4 is 0 Å². The molecule has 0 aromatic carbocycles. The minimum absolute atomic E-state index is 0.0504. The van der Waals surface area contributed by atoms with E-state index in [4.69, 9.17) is 0 Å². The zero-order chi connectivity index (χ0) is 12.1. The van der Waals surface area contributed by atoms with Gasteiger partial charge in [0.05, 0.1) is 0 Å². The van der Waals surface area contributed by atoms with Crippen LogP contribution in [0.5, 0.6) is 0 Å². The highest BCUT2D eigenvalue weighted by Crippen LogP contribution is 2.31. The van der Waals surface area contributed by atoms with Crippen molar-refractivity contribution in [3.63, 3.8) is 0 Å². The van der Waals surface area contributed by atoms with Crippen molar-refractivity contribution in [2.75, 3.05) is 14.1 Å². The molecule has 0 N–H and O–H groups in total. The molecule has 1 amide bonds. The van der Waals surface area contributed by atoms with Crippen molar-refractivity contribution < 1.29 is 9.59 Å². The quantitative estimate of drug-likeness (QED) is 0.498. The van der Waals surface area contributed by atoms with Gasteiger partial charge in [0, 0.05) is 14.1 Å². The molecule has 0 fully saturated rings. The van der Waals surface area contributed by atoms with Gasteiger partial charge >= 0.3 is 0 Å². The Morgan fingerprint density at radius 1 is 1.40 bits per heavy atom. The van der Waals surface area contributed by atoms with Crippen LogP contribution in [0.3, 0.4) is 0 Å². The second-order valence-electron chi connectivity index (χ2n) is 4.02. The van der Waals surface area contributed by atoms with Crippen LogP contribution in [0.25, 0.3) is 0 Å². The topological polar surface area (TPSA) is 37.4 Å². The summed E-state index contributed by atoms with van der Waals surface area (Å²) in [5, 5.41) is 0. The van der Waals surface area contributed by atoms with E-state index in [1.54, 1.807) is 20.2 Å². The Morgan fingerprint density at radius 2 is 1.93 bits per heavy atom. The fraction of sp³-hybridized carbons (Fsp3) is 0.667. The van der Waals surface area contributed by atoms with E-state index in [0.717, 1.165) is 0 Å². The molecule has 3 heteroatoms. The third-order valence-electron chi connectivity index (χ3n) is 2.87. The predicted molar refractivity (Wildman–Crippen MR) is 61.5 cm³/mol. The molecule has 0 aromatic rings. The van der Waals surface area contributed by atoms with E-state index in [-0.39, 0.29) is 11.7 Å².